The number of methoxy groups -OCH3 is 2. The van der Waals surface area contributed by atoms with Crippen LogP contribution in [0, 0.1) is 17.5 Å². The SMILES string of the molecule is COC(=O)c1ccc(C2CCCC2)cc1F.COC(=O)c1ccc(OS(=O)(=O)C(F)(F)F)cc1F.O=C(O)c1ccc(C2CCCC2)cc1F. The molecular weight excluding hydrogens is 698 g/mol. The van der Waals surface area contributed by atoms with Gasteiger partial charge in [0.25, 0.3) is 0 Å². The van der Waals surface area contributed by atoms with Crippen LogP contribution in [0.1, 0.15) is 105 Å². The number of hydrogen-bond donors (Lipinski definition) is 1. The van der Waals surface area contributed by atoms with Crippen LogP contribution in [0.5, 0.6) is 5.75 Å². The van der Waals surface area contributed by atoms with Gasteiger partial charge in [-0.05, 0) is 85.0 Å². The Bertz CT molecular complexity index is 1780. The molecule has 0 radical (unpaired) electrons. The third kappa shape index (κ3) is 10.5. The summed E-state index contributed by atoms with van der Waals surface area (Å²) in [6.45, 7) is 0. The lowest BCUT2D eigenvalue weighted by Gasteiger charge is -2.10. The molecule has 0 atom stereocenters. The van der Waals surface area contributed by atoms with Crippen LogP contribution in [0.2, 0.25) is 0 Å². The minimum Gasteiger partial charge on any atom is -0.478 e. The number of benzene rings is 3. The molecule has 0 aliphatic heterocycles. The minimum absolute atomic E-state index is 0.0178. The number of ether oxygens (including phenoxy) is 2. The maximum absolute atomic E-state index is 13.6. The standard InChI is InChI=1S/C13H15FO2.C12H13FO2.C9H6F4O5S/c1-16-13(15)11-7-6-10(8-12(11)14)9-4-2-3-5-9;13-11-7-9(8-3-1-2-4-8)5-6-10(11)12(14)15;1-17-8(14)6-3-2-5(4-7(6)10)18-19(15,16)9(11,12)13/h6-9H,2-5H2,1H3;5-8H,1-4H2,(H,14,15);2-4H,1H3. The zero-order valence-corrected chi connectivity index (χ0v) is 27.7. The Morgan fingerprint density at radius 3 is 1.38 bits per heavy atom. The molecule has 2 fully saturated rings. The van der Waals surface area contributed by atoms with Gasteiger partial charge in [0.05, 0.1) is 30.9 Å². The summed E-state index contributed by atoms with van der Waals surface area (Å²) in [5.41, 5.74) is -4.48. The summed E-state index contributed by atoms with van der Waals surface area (Å²) in [6.07, 6.45) is 9.22. The van der Waals surface area contributed by atoms with E-state index in [4.69, 9.17) is 5.11 Å². The fraction of sp³-hybridized carbons (Fsp3) is 0.382. The van der Waals surface area contributed by atoms with E-state index in [1.54, 1.807) is 6.07 Å². The van der Waals surface area contributed by atoms with Gasteiger partial charge < -0.3 is 18.8 Å². The van der Waals surface area contributed by atoms with Crippen LogP contribution in [0.3, 0.4) is 0 Å². The molecule has 50 heavy (non-hydrogen) atoms. The highest BCUT2D eigenvalue weighted by Crippen LogP contribution is 2.35. The van der Waals surface area contributed by atoms with Crippen molar-refractivity contribution in [2.45, 2.75) is 68.7 Å². The molecule has 16 heteroatoms. The molecule has 9 nitrogen and oxygen atoms in total. The molecule has 272 valence electrons. The number of carboxylic acids is 1. The first-order chi connectivity index (χ1) is 23.5. The highest BCUT2D eigenvalue weighted by Gasteiger charge is 2.48. The maximum Gasteiger partial charge on any atom is 0.534 e. The van der Waals surface area contributed by atoms with Crippen LogP contribution in [0.25, 0.3) is 0 Å². The summed E-state index contributed by atoms with van der Waals surface area (Å²) in [5, 5.41) is 8.68. The van der Waals surface area contributed by atoms with Gasteiger partial charge in [-0.25, -0.2) is 27.6 Å². The van der Waals surface area contributed by atoms with Gasteiger partial charge in [-0.1, -0.05) is 37.8 Å². The number of halogens is 6. The summed E-state index contributed by atoms with van der Waals surface area (Å²) in [6, 6.07) is 11.1. The molecule has 0 bridgehead atoms. The summed E-state index contributed by atoms with van der Waals surface area (Å²) in [5.74, 6) is -5.29. The van der Waals surface area contributed by atoms with Gasteiger partial charge in [-0.3, -0.25) is 0 Å². The van der Waals surface area contributed by atoms with Gasteiger partial charge in [-0.15, -0.1) is 0 Å². The van der Waals surface area contributed by atoms with Gasteiger partial charge >= 0.3 is 33.5 Å². The average Bonchev–Trinajstić information content (AvgIpc) is 3.80. The summed E-state index contributed by atoms with van der Waals surface area (Å²) in [7, 11) is -3.66. The number of alkyl halides is 3. The molecule has 2 saturated carbocycles. The van der Waals surface area contributed by atoms with Crippen LogP contribution in [0.15, 0.2) is 54.6 Å². The van der Waals surface area contributed by atoms with E-state index in [9.17, 15) is 49.1 Å². The fourth-order valence-electron chi connectivity index (χ4n) is 5.53. The first-order valence-corrected chi connectivity index (χ1v) is 16.7. The molecule has 3 aromatic rings. The van der Waals surface area contributed by atoms with Crippen molar-refractivity contribution in [1.29, 1.82) is 0 Å². The quantitative estimate of drug-likeness (QED) is 0.110. The van der Waals surface area contributed by atoms with Gasteiger partial charge in [0, 0.05) is 6.07 Å². The van der Waals surface area contributed by atoms with E-state index < -0.39 is 62.3 Å². The number of esters is 2. The highest BCUT2D eigenvalue weighted by molar-refractivity contribution is 7.88. The zero-order valence-electron chi connectivity index (χ0n) is 26.9. The maximum atomic E-state index is 13.6. The topological polar surface area (TPSA) is 133 Å². The molecule has 0 amide bonds. The Morgan fingerprint density at radius 1 is 0.660 bits per heavy atom. The summed E-state index contributed by atoms with van der Waals surface area (Å²) >= 11 is 0. The van der Waals surface area contributed by atoms with Crippen molar-refractivity contribution < 1.29 is 67.9 Å². The largest absolute Gasteiger partial charge is 0.534 e. The molecule has 2 aliphatic rings. The smallest absolute Gasteiger partial charge is 0.478 e. The first-order valence-electron chi connectivity index (χ1n) is 15.3. The molecule has 5 rings (SSSR count). The Kier molecular flexibility index (Phi) is 13.8. The Balaban J connectivity index is 0.000000204. The van der Waals surface area contributed by atoms with E-state index in [1.165, 1.54) is 57.1 Å². The van der Waals surface area contributed by atoms with E-state index in [-0.39, 0.29) is 11.1 Å². The molecule has 0 spiro atoms. The van der Waals surface area contributed by atoms with Crippen molar-refractivity contribution >= 4 is 28.0 Å². The van der Waals surface area contributed by atoms with Crippen molar-refractivity contribution in [3.8, 4) is 5.75 Å². The first kappa shape index (κ1) is 39.8. The Labute approximate surface area is 284 Å². The van der Waals surface area contributed by atoms with Gasteiger partial charge in [0.2, 0.25) is 0 Å². The number of aromatic carboxylic acids is 1. The van der Waals surface area contributed by atoms with Gasteiger partial charge in [0.1, 0.15) is 23.2 Å². The van der Waals surface area contributed by atoms with Crippen LogP contribution in [-0.4, -0.2) is 51.2 Å². The third-order valence-corrected chi connectivity index (χ3v) is 9.09. The number of carbonyl (C=O) groups excluding carboxylic acids is 2. The second-order valence-electron chi connectivity index (χ2n) is 11.4. The predicted octanol–water partition coefficient (Wildman–Crippen LogP) is 8.29. The van der Waals surface area contributed by atoms with Crippen molar-refractivity contribution in [3.63, 3.8) is 0 Å². The second-order valence-corrected chi connectivity index (χ2v) is 12.9. The number of hydrogen-bond acceptors (Lipinski definition) is 8. The van der Waals surface area contributed by atoms with E-state index >= 15 is 0 Å². The van der Waals surface area contributed by atoms with Gasteiger partial charge in [0.15, 0.2) is 0 Å². The third-order valence-electron chi connectivity index (χ3n) is 8.11. The molecule has 0 aromatic heterocycles. The lowest BCUT2D eigenvalue weighted by atomic mass is 9.96. The van der Waals surface area contributed by atoms with Crippen LogP contribution in [-0.2, 0) is 19.6 Å². The normalized spacial score (nSPS) is 14.9. The van der Waals surface area contributed by atoms with Crippen molar-refractivity contribution in [2.24, 2.45) is 0 Å². The number of rotatable bonds is 7. The highest BCUT2D eigenvalue weighted by atomic mass is 32.2. The van der Waals surface area contributed by atoms with Crippen molar-refractivity contribution in [3.05, 3.63) is 99.9 Å². The van der Waals surface area contributed by atoms with Crippen LogP contribution in [0.4, 0.5) is 26.3 Å². The predicted molar refractivity (Wildman–Crippen MR) is 167 cm³/mol. The Morgan fingerprint density at radius 2 is 1.04 bits per heavy atom. The molecule has 0 unspecified atom stereocenters. The number of carbonyl (C=O) groups is 3. The number of carboxylic acid groups (broad SMARTS) is 1. The molecule has 0 saturated heterocycles. The van der Waals surface area contributed by atoms with Gasteiger partial charge in [-0.2, -0.15) is 21.6 Å². The average molecular weight is 733 g/mol. The molecule has 0 heterocycles. The molecule has 1 N–H and O–H groups in total. The van der Waals surface area contributed by atoms with Crippen molar-refractivity contribution in [1.82, 2.24) is 0 Å². The molecule has 3 aromatic carbocycles. The molecule has 2 aliphatic carbocycles. The second kappa shape index (κ2) is 17.4. The Hall–Kier alpha value is -4.60. The monoisotopic (exact) mass is 732 g/mol. The minimum atomic E-state index is -5.89. The zero-order chi connectivity index (χ0) is 37.2. The van der Waals surface area contributed by atoms with E-state index in [0.29, 0.717) is 24.0 Å². The van der Waals surface area contributed by atoms with E-state index in [2.05, 4.69) is 13.7 Å². The van der Waals surface area contributed by atoms with Crippen molar-refractivity contribution in [2.75, 3.05) is 14.2 Å². The summed E-state index contributed by atoms with van der Waals surface area (Å²) in [4.78, 5) is 32.8. The van der Waals surface area contributed by atoms with E-state index in [1.807, 2.05) is 6.07 Å². The lowest BCUT2D eigenvalue weighted by Crippen LogP contribution is -2.28. The van der Waals surface area contributed by atoms with Crippen LogP contribution < -0.4 is 4.18 Å². The molecular formula is C34H34F6O9S. The lowest BCUT2D eigenvalue weighted by molar-refractivity contribution is -0.0500. The van der Waals surface area contributed by atoms with E-state index in [0.717, 1.165) is 50.0 Å². The summed E-state index contributed by atoms with van der Waals surface area (Å²) < 4.78 is 110. The fourth-order valence-corrected chi connectivity index (χ4v) is 5.99. The van der Waals surface area contributed by atoms with Crippen LogP contribution >= 0.6 is 0 Å².